The Balaban J connectivity index is 2.31. The molecule has 1 aromatic carbocycles. The quantitative estimate of drug-likeness (QED) is 0.906. The first-order valence-electron chi connectivity index (χ1n) is 5.29. The predicted octanol–water partition coefficient (Wildman–Crippen LogP) is 3.05. The Morgan fingerprint density at radius 3 is 2.82 bits per heavy atom. The lowest BCUT2D eigenvalue weighted by Crippen LogP contribution is -2.01. The van der Waals surface area contributed by atoms with Crippen molar-refractivity contribution in [3.05, 3.63) is 51.0 Å². The van der Waals surface area contributed by atoms with Crippen LogP contribution in [0, 0.1) is 13.8 Å². The summed E-state index contributed by atoms with van der Waals surface area (Å²) < 4.78 is 0. The highest BCUT2D eigenvalue weighted by Crippen LogP contribution is 2.19. The fourth-order valence-electron chi connectivity index (χ4n) is 1.79. The number of carboxylic acids is 1. The van der Waals surface area contributed by atoms with Gasteiger partial charge in [0.15, 0.2) is 0 Å². The fourth-order valence-corrected chi connectivity index (χ4v) is 2.44. The minimum absolute atomic E-state index is 0.338. The smallest absolute Gasteiger partial charge is 0.347 e. The second kappa shape index (κ2) is 4.67. The molecule has 1 N–H and O–H groups in total. The number of aromatic carboxylic acids is 1. The first-order chi connectivity index (χ1) is 8.08. The van der Waals surface area contributed by atoms with Crippen molar-refractivity contribution in [3.63, 3.8) is 0 Å². The summed E-state index contributed by atoms with van der Waals surface area (Å²) in [5.74, 6) is -0.896. The Hall–Kier alpha value is -1.68. The van der Waals surface area contributed by atoms with Crippen LogP contribution in [0.25, 0.3) is 0 Å². The number of hydrogen-bond acceptors (Lipinski definition) is 3. The van der Waals surface area contributed by atoms with Gasteiger partial charge in [-0.15, -0.1) is 11.3 Å². The molecule has 0 amide bonds. The van der Waals surface area contributed by atoms with Gasteiger partial charge in [-0.2, -0.15) is 0 Å². The number of thiazole rings is 1. The van der Waals surface area contributed by atoms with Gasteiger partial charge in [0.1, 0.15) is 4.88 Å². The SMILES string of the molecule is Cc1ccc(Cc2ncsc2C(=O)O)c(C)c1. The highest BCUT2D eigenvalue weighted by Gasteiger charge is 2.14. The molecule has 0 saturated heterocycles. The van der Waals surface area contributed by atoms with E-state index in [-0.39, 0.29) is 0 Å². The molecule has 0 aliphatic heterocycles. The zero-order valence-electron chi connectivity index (χ0n) is 9.73. The van der Waals surface area contributed by atoms with Crippen LogP contribution >= 0.6 is 11.3 Å². The topological polar surface area (TPSA) is 50.2 Å². The molecular formula is C13H13NO2S. The van der Waals surface area contributed by atoms with Gasteiger partial charge in [0.2, 0.25) is 0 Å². The third kappa shape index (κ3) is 2.53. The van der Waals surface area contributed by atoms with E-state index in [0.29, 0.717) is 17.0 Å². The molecule has 4 heteroatoms. The van der Waals surface area contributed by atoms with Crippen molar-refractivity contribution in [2.75, 3.05) is 0 Å². The molecule has 1 aromatic heterocycles. The summed E-state index contributed by atoms with van der Waals surface area (Å²) in [5, 5.41) is 9.02. The molecule has 0 saturated carbocycles. The van der Waals surface area contributed by atoms with Crippen LogP contribution in [-0.4, -0.2) is 16.1 Å². The van der Waals surface area contributed by atoms with E-state index in [9.17, 15) is 4.79 Å². The molecule has 0 fully saturated rings. The normalized spacial score (nSPS) is 10.5. The Labute approximate surface area is 104 Å². The van der Waals surface area contributed by atoms with Gasteiger partial charge in [0.25, 0.3) is 0 Å². The second-order valence-corrected chi connectivity index (χ2v) is 4.89. The average molecular weight is 247 g/mol. The Bertz CT molecular complexity index is 560. The lowest BCUT2D eigenvalue weighted by atomic mass is 10.0. The lowest BCUT2D eigenvalue weighted by Gasteiger charge is -2.05. The lowest BCUT2D eigenvalue weighted by molar-refractivity contribution is 0.0701. The van der Waals surface area contributed by atoms with Gasteiger partial charge < -0.3 is 5.11 Å². The van der Waals surface area contributed by atoms with Crippen LogP contribution in [0.4, 0.5) is 0 Å². The Morgan fingerprint density at radius 1 is 1.41 bits per heavy atom. The summed E-state index contributed by atoms with van der Waals surface area (Å²) >= 11 is 1.18. The highest BCUT2D eigenvalue weighted by atomic mass is 32.1. The van der Waals surface area contributed by atoms with Gasteiger partial charge in [-0.1, -0.05) is 23.8 Å². The van der Waals surface area contributed by atoms with Crippen molar-refractivity contribution in [1.29, 1.82) is 0 Å². The zero-order chi connectivity index (χ0) is 12.4. The number of nitrogens with zero attached hydrogens (tertiary/aromatic N) is 1. The first-order valence-corrected chi connectivity index (χ1v) is 6.17. The minimum Gasteiger partial charge on any atom is -0.477 e. The van der Waals surface area contributed by atoms with E-state index in [1.54, 1.807) is 5.51 Å². The molecule has 3 nitrogen and oxygen atoms in total. The molecule has 1 heterocycles. The molecule has 0 radical (unpaired) electrons. The number of carbonyl (C=O) groups is 1. The molecule has 0 aliphatic rings. The monoisotopic (exact) mass is 247 g/mol. The van der Waals surface area contributed by atoms with Gasteiger partial charge in [-0.3, -0.25) is 0 Å². The molecule has 2 rings (SSSR count). The third-order valence-electron chi connectivity index (χ3n) is 2.69. The van der Waals surface area contributed by atoms with Crippen LogP contribution in [-0.2, 0) is 6.42 Å². The van der Waals surface area contributed by atoms with Crippen molar-refractivity contribution in [2.45, 2.75) is 20.3 Å². The Kier molecular flexibility index (Phi) is 3.24. The van der Waals surface area contributed by atoms with Crippen LogP contribution in [0.15, 0.2) is 23.7 Å². The maximum Gasteiger partial charge on any atom is 0.347 e. The second-order valence-electron chi connectivity index (χ2n) is 4.04. The molecular weight excluding hydrogens is 234 g/mol. The van der Waals surface area contributed by atoms with Crippen molar-refractivity contribution in [3.8, 4) is 0 Å². The summed E-state index contributed by atoms with van der Waals surface area (Å²) in [7, 11) is 0. The largest absolute Gasteiger partial charge is 0.477 e. The van der Waals surface area contributed by atoms with Crippen molar-refractivity contribution >= 4 is 17.3 Å². The summed E-state index contributed by atoms with van der Waals surface area (Å²) in [6.07, 6.45) is 0.581. The van der Waals surface area contributed by atoms with E-state index >= 15 is 0 Å². The van der Waals surface area contributed by atoms with Crippen LogP contribution < -0.4 is 0 Å². The van der Waals surface area contributed by atoms with E-state index in [1.165, 1.54) is 22.5 Å². The van der Waals surface area contributed by atoms with Gasteiger partial charge in [-0.25, -0.2) is 9.78 Å². The van der Waals surface area contributed by atoms with E-state index in [1.807, 2.05) is 26.0 Å². The number of rotatable bonds is 3. The molecule has 88 valence electrons. The van der Waals surface area contributed by atoms with E-state index < -0.39 is 5.97 Å². The average Bonchev–Trinajstić information content (AvgIpc) is 2.70. The number of aryl methyl sites for hydroxylation is 2. The van der Waals surface area contributed by atoms with Crippen LogP contribution in [0.1, 0.15) is 32.1 Å². The third-order valence-corrected chi connectivity index (χ3v) is 3.55. The van der Waals surface area contributed by atoms with E-state index in [4.69, 9.17) is 5.11 Å². The highest BCUT2D eigenvalue weighted by molar-refractivity contribution is 7.11. The summed E-state index contributed by atoms with van der Waals surface area (Å²) in [5.41, 5.74) is 5.75. The molecule has 0 spiro atoms. The molecule has 17 heavy (non-hydrogen) atoms. The summed E-state index contributed by atoms with van der Waals surface area (Å²) in [4.78, 5) is 15.5. The van der Waals surface area contributed by atoms with Crippen molar-refractivity contribution in [2.24, 2.45) is 0 Å². The molecule has 0 atom stereocenters. The zero-order valence-corrected chi connectivity index (χ0v) is 10.5. The van der Waals surface area contributed by atoms with E-state index in [0.717, 1.165) is 5.56 Å². The summed E-state index contributed by atoms with van der Waals surface area (Å²) in [6.45, 7) is 4.08. The van der Waals surface area contributed by atoms with Gasteiger partial charge in [-0.05, 0) is 25.0 Å². The van der Waals surface area contributed by atoms with Crippen LogP contribution in [0.3, 0.4) is 0 Å². The number of hydrogen-bond donors (Lipinski definition) is 1. The molecule has 2 aromatic rings. The molecule has 0 unspecified atom stereocenters. The van der Waals surface area contributed by atoms with Crippen LogP contribution in [0.5, 0.6) is 0 Å². The van der Waals surface area contributed by atoms with Crippen molar-refractivity contribution in [1.82, 2.24) is 4.98 Å². The van der Waals surface area contributed by atoms with Crippen LogP contribution in [0.2, 0.25) is 0 Å². The minimum atomic E-state index is -0.896. The predicted molar refractivity (Wildman–Crippen MR) is 67.8 cm³/mol. The van der Waals surface area contributed by atoms with Gasteiger partial charge in [0.05, 0.1) is 11.2 Å². The fraction of sp³-hybridized carbons (Fsp3) is 0.231. The maximum absolute atomic E-state index is 11.0. The molecule has 0 aliphatic carbocycles. The Morgan fingerprint density at radius 2 is 2.18 bits per heavy atom. The number of carboxylic acid groups (broad SMARTS) is 1. The van der Waals surface area contributed by atoms with Crippen molar-refractivity contribution < 1.29 is 9.90 Å². The van der Waals surface area contributed by atoms with Gasteiger partial charge >= 0.3 is 5.97 Å². The van der Waals surface area contributed by atoms with E-state index in [2.05, 4.69) is 11.1 Å². The number of aromatic nitrogens is 1. The maximum atomic E-state index is 11.0. The first kappa shape index (κ1) is 11.8. The van der Waals surface area contributed by atoms with Gasteiger partial charge in [0, 0.05) is 6.42 Å². The molecule has 0 bridgehead atoms. The standard InChI is InChI=1S/C13H13NO2S/c1-8-3-4-10(9(2)5-8)6-11-12(13(15)16)17-7-14-11/h3-5,7H,6H2,1-2H3,(H,15,16). The summed E-state index contributed by atoms with van der Waals surface area (Å²) in [6, 6.07) is 6.17. The number of benzene rings is 1.